The van der Waals surface area contributed by atoms with Crippen LogP contribution in [0.25, 0.3) is 0 Å². The summed E-state index contributed by atoms with van der Waals surface area (Å²) in [6.45, 7) is 0.146. The molecule has 0 bridgehead atoms. The van der Waals surface area contributed by atoms with E-state index in [9.17, 15) is 18.0 Å². The van der Waals surface area contributed by atoms with Gasteiger partial charge in [0.05, 0.1) is 24.5 Å². The Balaban J connectivity index is 1.57. The van der Waals surface area contributed by atoms with Crippen LogP contribution in [0.3, 0.4) is 0 Å². The largest absolute Gasteiger partial charge is 0.467 e. The summed E-state index contributed by atoms with van der Waals surface area (Å²) in [5.74, 6) is -0.0781. The molecular weight excluding hydrogens is 375 g/mol. The van der Waals surface area contributed by atoms with Gasteiger partial charge in [0.1, 0.15) is 11.6 Å². The number of furan rings is 1. The van der Waals surface area contributed by atoms with Crippen LogP contribution in [0.4, 0.5) is 19.0 Å². The third kappa shape index (κ3) is 3.57. The number of alkyl halides is 3. The van der Waals surface area contributed by atoms with Crippen LogP contribution >= 0.6 is 0 Å². The topological polar surface area (TPSA) is 85.0 Å². The fraction of sp³-hybridized carbons (Fsp3) is 0.278. The molecule has 0 aromatic carbocycles. The lowest BCUT2D eigenvalue weighted by Crippen LogP contribution is -2.35. The van der Waals surface area contributed by atoms with Gasteiger partial charge in [0.15, 0.2) is 11.7 Å². The van der Waals surface area contributed by atoms with Crippen LogP contribution < -0.4 is 10.6 Å². The van der Waals surface area contributed by atoms with Crippen molar-refractivity contribution < 1.29 is 22.4 Å². The Labute approximate surface area is 157 Å². The van der Waals surface area contributed by atoms with E-state index in [-0.39, 0.29) is 24.5 Å². The van der Waals surface area contributed by atoms with E-state index in [1.54, 1.807) is 36.5 Å². The van der Waals surface area contributed by atoms with E-state index >= 15 is 0 Å². The highest BCUT2D eigenvalue weighted by atomic mass is 19.4. The summed E-state index contributed by atoms with van der Waals surface area (Å²) < 4.78 is 46.8. The first-order valence-electron chi connectivity index (χ1n) is 8.56. The van der Waals surface area contributed by atoms with Crippen LogP contribution in [0.2, 0.25) is 0 Å². The molecule has 0 radical (unpaired) electrons. The maximum Gasteiger partial charge on any atom is 0.410 e. The molecule has 2 N–H and O–H groups in total. The van der Waals surface area contributed by atoms with Gasteiger partial charge in [0, 0.05) is 18.7 Å². The van der Waals surface area contributed by atoms with Crippen LogP contribution in [-0.2, 0) is 6.54 Å². The lowest BCUT2D eigenvalue weighted by Gasteiger charge is -2.32. The zero-order valence-electron chi connectivity index (χ0n) is 14.5. The molecule has 1 aliphatic heterocycles. The SMILES string of the molecule is O=C(NCc1ccccn1)c1cc2n(n1)[C@@H](C(F)(F)F)C[C@H](c1ccco1)N2. The van der Waals surface area contributed by atoms with Gasteiger partial charge in [-0.3, -0.25) is 9.78 Å². The van der Waals surface area contributed by atoms with Crippen LogP contribution in [-0.4, -0.2) is 26.8 Å². The lowest BCUT2D eigenvalue weighted by atomic mass is 10.0. The molecule has 10 heteroatoms. The van der Waals surface area contributed by atoms with Gasteiger partial charge >= 0.3 is 6.18 Å². The summed E-state index contributed by atoms with van der Waals surface area (Å²) in [6, 6.07) is 7.24. The summed E-state index contributed by atoms with van der Waals surface area (Å²) in [6.07, 6.45) is -1.82. The molecule has 0 aliphatic carbocycles. The van der Waals surface area contributed by atoms with Crippen molar-refractivity contribution in [1.82, 2.24) is 20.1 Å². The molecule has 146 valence electrons. The smallest absolute Gasteiger partial charge is 0.410 e. The van der Waals surface area contributed by atoms with Gasteiger partial charge in [-0.1, -0.05) is 6.07 Å². The number of pyridine rings is 1. The normalized spacial score (nSPS) is 19.0. The quantitative estimate of drug-likeness (QED) is 0.712. The molecule has 3 aromatic rings. The predicted molar refractivity (Wildman–Crippen MR) is 92.4 cm³/mol. The molecule has 28 heavy (non-hydrogen) atoms. The second-order valence-corrected chi connectivity index (χ2v) is 6.37. The molecule has 3 aromatic heterocycles. The molecule has 0 unspecified atom stereocenters. The number of halogens is 3. The van der Waals surface area contributed by atoms with E-state index in [0.29, 0.717) is 11.5 Å². The summed E-state index contributed by atoms with van der Waals surface area (Å²) in [5.41, 5.74) is 0.525. The fourth-order valence-corrected chi connectivity index (χ4v) is 3.12. The van der Waals surface area contributed by atoms with Crippen molar-refractivity contribution in [3.63, 3.8) is 0 Å². The Hall–Kier alpha value is -3.30. The third-order valence-corrected chi connectivity index (χ3v) is 4.47. The zero-order valence-corrected chi connectivity index (χ0v) is 14.5. The molecule has 4 heterocycles. The first-order valence-corrected chi connectivity index (χ1v) is 8.56. The summed E-state index contributed by atoms with van der Waals surface area (Å²) >= 11 is 0. The van der Waals surface area contributed by atoms with Crippen LogP contribution in [0.5, 0.6) is 0 Å². The maximum absolute atomic E-state index is 13.6. The molecular formula is C18H16F3N5O2. The van der Waals surface area contributed by atoms with E-state index in [1.165, 1.54) is 12.3 Å². The van der Waals surface area contributed by atoms with Crippen molar-refractivity contribution in [2.45, 2.75) is 31.2 Å². The van der Waals surface area contributed by atoms with E-state index in [4.69, 9.17) is 4.42 Å². The van der Waals surface area contributed by atoms with Gasteiger partial charge in [0.2, 0.25) is 0 Å². The summed E-state index contributed by atoms with van der Waals surface area (Å²) in [4.78, 5) is 16.4. The Kier molecular flexibility index (Phi) is 4.54. The van der Waals surface area contributed by atoms with Crippen molar-refractivity contribution in [3.05, 3.63) is 66.0 Å². The highest BCUT2D eigenvalue weighted by molar-refractivity contribution is 5.93. The lowest BCUT2D eigenvalue weighted by molar-refractivity contribution is -0.174. The highest BCUT2D eigenvalue weighted by Gasteiger charge is 2.47. The number of fused-ring (bicyclic) bond motifs is 1. The number of hydrogen-bond donors (Lipinski definition) is 2. The Morgan fingerprint density at radius 3 is 2.86 bits per heavy atom. The van der Waals surface area contributed by atoms with Crippen molar-refractivity contribution >= 4 is 11.7 Å². The number of carbonyl (C=O) groups excluding carboxylic acids is 1. The standard InChI is InChI=1S/C18H16F3N5O2/c19-18(20,21)15-8-12(14-5-3-7-28-14)24-16-9-13(25-26(15)16)17(27)23-10-11-4-1-2-6-22-11/h1-7,9,12,15,24H,8,10H2,(H,23,27)/t12-,15-/m1/s1. The molecule has 0 saturated carbocycles. The van der Waals surface area contributed by atoms with Crippen LogP contribution in [0, 0.1) is 0 Å². The van der Waals surface area contributed by atoms with Crippen molar-refractivity contribution in [2.24, 2.45) is 0 Å². The third-order valence-electron chi connectivity index (χ3n) is 4.47. The molecule has 7 nitrogen and oxygen atoms in total. The zero-order chi connectivity index (χ0) is 19.7. The number of rotatable bonds is 4. The first kappa shape index (κ1) is 18.1. The van der Waals surface area contributed by atoms with Crippen LogP contribution in [0.15, 0.2) is 53.3 Å². The Bertz CT molecular complexity index is 954. The van der Waals surface area contributed by atoms with Gasteiger partial charge < -0.3 is 15.1 Å². The molecule has 1 amide bonds. The average molecular weight is 391 g/mol. The van der Waals surface area contributed by atoms with Gasteiger partial charge in [-0.2, -0.15) is 18.3 Å². The van der Waals surface area contributed by atoms with Gasteiger partial charge in [-0.15, -0.1) is 0 Å². The minimum Gasteiger partial charge on any atom is -0.467 e. The molecule has 0 spiro atoms. The number of anilines is 1. The number of nitrogens with one attached hydrogen (secondary N) is 2. The Morgan fingerprint density at radius 2 is 2.18 bits per heavy atom. The van der Waals surface area contributed by atoms with E-state index in [0.717, 1.165) is 4.68 Å². The second-order valence-electron chi connectivity index (χ2n) is 6.37. The van der Waals surface area contributed by atoms with Gasteiger partial charge in [0.25, 0.3) is 5.91 Å². The van der Waals surface area contributed by atoms with E-state index in [2.05, 4.69) is 20.7 Å². The molecule has 2 atom stereocenters. The predicted octanol–water partition coefficient (Wildman–Crippen LogP) is 3.46. The number of aromatic nitrogens is 3. The highest BCUT2D eigenvalue weighted by Crippen LogP contribution is 2.43. The minimum absolute atomic E-state index is 0.104. The molecule has 0 saturated heterocycles. The van der Waals surface area contributed by atoms with Gasteiger partial charge in [-0.05, 0) is 24.3 Å². The summed E-state index contributed by atoms with van der Waals surface area (Å²) in [7, 11) is 0. The maximum atomic E-state index is 13.6. The molecule has 1 aliphatic rings. The number of nitrogens with zero attached hydrogens (tertiary/aromatic N) is 3. The average Bonchev–Trinajstić information content (AvgIpc) is 3.34. The first-order chi connectivity index (χ1) is 13.4. The number of carbonyl (C=O) groups is 1. The van der Waals surface area contributed by atoms with Crippen molar-refractivity contribution in [2.75, 3.05) is 5.32 Å². The number of hydrogen-bond acceptors (Lipinski definition) is 5. The second kappa shape index (κ2) is 7.02. The monoisotopic (exact) mass is 391 g/mol. The van der Waals surface area contributed by atoms with E-state index in [1.807, 2.05) is 0 Å². The number of amides is 1. The minimum atomic E-state index is -4.52. The Morgan fingerprint density at radius 1 is 1.32 bits per heavy atom. The molecule has 0 fully saturated rings. The summed E-state index contributed by atoms with van der Waals surface area (Å²) in [5, 5.41) is 9.47. The fourth-order valence-electron chi connectivity index (χ4n) is 3.12. The van der Waals surface area contributed by atoms with Crippen LogP contribution in [0.1, 0.15) is 40.4 Å². The van der Waals surface area contributed by atoms with Crippen molar-refractivity contribution in [1.29, 1.82) is 0 Å². The van der Waals surface area contributed by atoms with Gasteiger partial charge in [-0.25, -0.2) is 4.68 Å². The molecule has 4 rings (SSSR count). The van der Waals surface area contributed by atoms with E-state index < -0.39 is 24.2 Å². The van der Waals surface area contributed by atoms with Crippen molar-refractivity contribution in [3.8, 4) is 0 Å².